The molecule has 0 radical (unpaired) electrons. The van der Waals surface area contributed by atoms with Crippen molar-refractivity contribution in [2.75, 3.05) is 12.3 Å². The molecule has 12 nitrogen and oxygen atoms in total. The minimum atomic E-state index is -3.63. The molecule has 3 aliphatic rings. The highest BCUT2D eigenvalue weighted by Gasteiger charge is 2.61. The van der Waals surface area contributed by atoms with Crippen LogP contribution >= 0.6 is 0 Å². The van der Waals surface area contributed by atoms with Gasteiger partial charge in [-0.25, -0.2) is 8.42 Å². The summed E-state index contributed by atoms with van der Waals surface area (Å²) in [6.07, 6.45) is 8.39. The zero-order valence-corrected chi connectivity index (χ0v) is 29.9. The number of Topliss-reactive ketones (excluding diaryl/α,β-unsaturated/α-hetero) is 1. The molecule has 2 aliphatic carbocycles. The van der Waals surface area contributed by atoms with Gasteiger partial charge in [-0.05, 0) is 57.6 Å². The van der Waals surface area contributed by atoms with Crippen LogP contribution in [-0.4, -0.2) is 82.7 Å². The van der Waals surface area contributed by atoms with E-state index in [4.69, 9.17) is 13.9 Å². The van der Waals surface area contributed by atoms with E-state index < -0.39 is 84.9 Å². The van der Waals surface area contributed by atoms with Crippen LogP contribution < -0.4 is 10.1 Å². The molecule has 49 heavy (non-hydrogen) atoms. The van der Waals surface area contributed by atoms with Crippen LogP contribution in [-0.2, 0) is 33.8 Å². The zero-order chi connectivity index (χ0) is 35.9. The second-order valence-corrected chi connectivity index (χ2v) is 17.8. The van der Waals surface area contributed by atoms with Gasteiger partial charge < -0.3 is 24.1 Å². The third-order valence-electron chi connectivity index (χ3n) is 9.36. The molecule has 0 bridgehead atoms. The molecule has 5 rings (SSSR count). The first kappa shape index (κ1) is 36.3. The number of nitrogens with one attached hydrogen (secondary N) is 1. The van der Waals surface area contributed by atoms with Crippen LogP contribution in [0.2, 0.25) is 0 Å². The van der Waals surface area contributed by atoms with Gasteiger partial charge in [0.2, 0.25) is 11.8 Å². The number of ketones is 1. The third kappa shape index (κ3) is 8.42. The molecular weight excluding hydrogens is 650 g/mol. The van der Waals surface area contributed by atoms with E-state index in [9.17, 15) is 27.6 Å². The number of rotatable bonds is 13. The summed E-state index contributed by atoms with van der Waals surface area (Å²) in [5.41, 5.74) is -1.31. The van der Waals surface area contributed by atoms with Crippen molar-refractivity contribution >= 4 is 33.4 Å². The van der Waals surface area contributed by atoms with E-state index in [1.54, 1.807) is 57.7 Å². The van der Waals surface area contributed by atoms with Gasteiger partial charge in [0.25, 0.3) is 0 Å². The van der Waals surface area contributed by atoms with E-state index >= 15 is 0 Å². The smallest absolute Gasteiger partial charge is 0.307 e. The lowest BCUT2D eigenvalue weighted by molar-refractivity contribution is -0.161. The molecule has 2 aromatic heterocycles. The van der Waals surface area contributed by atoms with Crippen LogP contribution in [0.25, 0.3) is 11.1 Å². The van der Waals surface area contributed by atoms with E-state index in [0.29, 0.717) is 18.6 Å². The van der Waals surface area contributed by atoms with Crippen molar-refractivity contribution in [1.82, 2.24) is 15.2 Å². The van der Waals surface area contributed by atoms with E-state index in [-0.39, 0.29) is 25.8 Å². The Morgan fingerprint density at radius 1 is 1.14 bits per heavy atom. The number of aromatic nitrogens is 1. The zero-order valence-electron chi connectivity index (χ0n) is 29.1. The first-order valence-corrected chi connectivity index (χ1v) is 18.4. The molecule has 0 aromatic carbocycles. The van der Waals surface area contributed by atoms with Gasteiger partial charge in [0, 0.05) is 29.7 Å². The highest BCUT2D eigenvalue weighted by molar-refractivity contribution is 7.93. The summed E-state index contributed by atoms with van der Waals surface area (Å²) in [7, 11) is -3.63. The molecule has 1 saturated heterocycles. The fraction of sp³-hybridized carbons (Fsp3) is 0.583. The molecule has 3 heterocycles. The number of pyridine rings is 1. The van der Waals surface area contributed by atoms with Crippen LogP contribution in [0, 0.1) is 17.3 Å². The molecule has 2 saturated carbocycles. The maximum atomic E-state index is 14.4. The molecule has 0 spiro atoms. The molecule has 2 amide bonds. The van der Waals surface area contributed by atoms with Gasteiger partial charge in [-0.15, -0.1) is 6.58 Å². The summed E-state index contributed by atoms with van der Waals surface area (Å²) in [6.45, 7) is 14.6. The summed E-state index contributed by atoms with van der Waals surface area (Å²) in [5, 5.41) is 2.33. The number of carbonyl (C=O) groups is 4. The highest BCUT2D eigenvalue weighted by Crippen LogP contribution is 2.46. The van der Waals surface area contributed by atoms with Crippen molar-refractivity contribution in [3.05, 3.63) is 49.7 Å². The highest BCUT2D eigenvalue weighted by atomic mass is 32.2. The maximum Gasteiger partial charge on any atom is 0.307 e. The fourth-order valence-corrected chi connectivity index (χ4v) is 8.13. The number of hydrogen-bond donors (Lipinski definition) is 1. The molecule has 2 aromatic rings. The Morgan fingerprint density at radius 2 is 1.86 bits per heavy atom. The number of likely N-dealkylation sites (tertiary alicyclic amines) is 1. The Hall–Kier alpha value is -4.00. The monoisotopic (exact) mass is 697 g/mol. The number of carbonyl (C=O) groups excluding carboxylic acids is 4. The predicted octanol–water partition coefficient (Wildman–Crippen LogP) is 4.29. The number of ether oxygens (including phenoxy) is 2. The lowest BCUT2D eigenvalue weighted by atomic mass is 9.77. The number of furan rings is 1. The summed E-state index contributed by atoms with van der Waals surface area (Å²) in [4.78, 5) is 60.8. The minimum Gasteiger partial charge on any atom is -0.487 e. The lowest BCUT2D eigenvalue weighted by Gasteiger charge is -2.35. The van der Waals surface area contributed by atoms with Crippen molar-refractivity contribution in [3.8, 4) is 16.9 Å². The van der Waals surface area contributed by atoms with Gasteiger partial charge in [-0.2, -0.15) is 0 Å². The topological polar surface area (TPSA) is 162 Å². The Bertz CT molecular complexity index is 1700. The van der Waals surface area contributed by atoms with Crippen LogP contribution in [0.15, 0.2) is 54.1 Å². The van der Waals surface area contributed by atoms with Crippen molar-refractivity contribution < 1.29 is 41.5 Å². The number of esters is 1. The molecule has 266 valence electrons. The van der Waals surface area contributed by atoms with Crippen LogP contribution in [0.1, 0.15) is 73.6 Å². The van der Waals surface area contributed by atoms with Gasteiger partial charge in [-0.3, -0.25) is 24.2 Å². The van der Waals surface area contributed by atoms with Crippen LogP contribution in [0.5, 0.6) is 5.75 Å². The predicted molar refractivity (Wildman–Crippen MR) is 181 cm³/mol. The van der Waals surface area contributed by atoms with E-state index in [0.717, 1.165) is 11.1 Å². The second-order valence-electron chi connectivity index (χ2n) is 15.5. The summed E-state index contributed by atoms with van der Waals surface area (Å²) >= 11 is 0. The summed E-state index contributed by atoms with van der Waals surface area (Å²) in [6, 6.07) is 2.50. The maximum absolute atomic E-state index is 14.4. The molecular formula is C36H47N3O9S. The summed E-state index contributed by atoms with van der Waals surface area (Å²) < 4.78 is 42.5. The molecule has 1 N–H and O–H groups in total. The van der Waals surface area contributed by atoms with Crippen LogP contribution in [0.4, 0.5) is 0 Å². The Morgan fingerprint density at radius 3 is 2.43 bits per heavy atom. The molecule has 13 heteroatoms. The Labute approximate surface area is 287 Å². The van der Waals surface area contributed by atoms with Gasteiger partial charge >= 0.3 is 5.97 Å². The van der Waals surface area contributed by atoms with E-state index in [1.165, 1.54) is 11.1 Å². The molecule has 3 fully saturated rings. The van der Waals surface area contributed by atoms with Crippen molar-refractivity contribution in [3.63, 3.8) is 0 Å². The van der Waals surface area contributed by atoms with Crippen LogP contribution in [0.3, 0.4) is 0 Å². The minimum absolute atomic E-state index is 0.0235. The third-order valence-corrected chi connectivity index (χ3v) is 11.5. The fourth-order valence-electron chi connectivity index (χ4n) is 6.42. The SMILES string of the molecule is C=C[C@@H]1C[C@]1(NC(=O)[C@@H]1C[C@@H](Oc2cncc(-c3ccoc3)c2)CN1C(=O)[C@@H](CC(=O)OC(C)(C)C)C(C)(C)C)C(=O)CS(=O)(=O)C1CC1. The normalized spacial score (nSPS) is 24.5. The van der Waals surface area contributed by atoms with Gasteiger partial charge in [-0.1, -0.05) is 26.8 Å². The average Bonchev–Trinajstić information content (AvgIpc) is 3.87. The van der Waals surface area contributed by atoms with E-state index in [1.807, 2.05) is 20.8 Å². The quantitative estimate of drug-likeness (QED) is 0.236. The molecule has 0 unspecified atom stereocenters. The van der Waals surface area contributed by atoms with Gasteiger partial charge in [0.05, 0.1) is 42.9 Å². The first-order chi connectivity index (χ1) is 22.8. The standard InChI is InChI=1S/C36H47N3O9S/c1-8-24-16-36(24,30(40)21-49(44,45)27-9-10-27)38-32(42)29-14-26(47-25-13-23(17-37-18-25)22-11-12-46-20-22)19-39(29)33(43)28(34(2,3)4)15-31(41)48-35(5,6)7/h8,11-13,17-18,20,24,26-29H,1,9-10,14-16,19,21H2,2-7H3,(H,38,42)/t24-,26-,28-,29+,36-/m1/s1. The second kappa shape index (κ2) is 13.4. The van der Waals surface area contributed by atoms with E-state index in [2.05, 4.69) is 16.9 Å². The summed E-state index contributed by atoms with van der Waals surface area (Å²) in [5.74, 6) is -3.68. The molecule has 1 aliphatic heterocycles. The number of sulfone groups is 1. The van der Waals surface area contributed by atoms with Gasteiger partial charge in [0.1, 0.15) is 34.8 Å². The van der Waals surface area contributed by atoms with Crippen molar-refractivity contribution in [2.24, 2.45) is 17.3 Å². The average molecular weight is 698 g/mol. The Kier molecular flexibility index (Phi) is 9.90. The van der Waals surface area contributed by atoms with Crippen molar-refractivity contribution in [1.29, 1.82) is 0 Å². The molecule has 5 atom stereocenters. The largest absolute Gasteiger partial charge is 0.487 e. The Balaban J connectivity index is 1.41. The first-order valence-electron chi connectivity index (χ1n) is 16.7. The number of amides is 2. The lowest BCUT2D eigenvalue weighted by Crippen LogP contribution is -2.55. The van der Waals surface area contributed by atoms with Gasteiger partial charge in [0.15, 0.2) is 15.6 Å². The number of nitrogens with zero attached hydrogens (tertiary/aromatic N) is 2. The number of hydrogen-bond acceptors (Lipinski definition) is 10. The van der Waals surface area contributed by atoms with Crippen molar-refractivity contribution in [2.45, 2.75) is 102 Å².